The molecule has 15 heavy (non-hydrogen) atoms. The number of hydrogen-bond donors (Lipinski definition) is 1. The van der Waals surface area contributed by atoms with E-state index in [1.807, 2.05) is 11.8 Å². The summed E-state index contributed by atoms with van der Waals surface area (Å²) in [6.45, 7) is 5.13. The molecule has 0 atom stereocenters. The van der Waals surface area contributed by atoms with Crippen LogP contribution in [0.3, 0.4) is 0 Å². The molecule has 5 nitrogen and oxygen atoms in total. The molecule has 1 heterocycles. The fourth-order valence-electron chi connectivity index (χ4n) is 1.38. The first kappa shape index (κ1) is 12.0. The van der Waals surface area contributed by atoms with Crippen molar-refractivity contribution in [1.82, 2.24) is 4.90 Å². The van der Waals surface area contributed by atoms with Gasteiger partial charge in [-0.15, -0.1) is 0 Å². The lowest BCUT2D eigenvalue weighted by Gasteiger charge is -2.26. The Morgan fingerprint density at radius 3 is 2.73 bits per heavy atom. The smallest absolute Gasteiger partial charge is 0.224 e. The Bertz CT molecular complexity index is 235. The van der Waals surface area contributed by atoms with Crippen LogP contribution in [-0.2, 0) is 9.53 Å². The summed E-state index contributed by atoms with van der Waals surface area (Å²) in [5.41, 5.74) is 5.54. The summed E-state index contributed by atoms with van der Waals surface area (Å²) >= 11 is 0. The second kappa shape index (κ2) is 6.40. The van der Waals surface area contributed by atoms with Crippen LogP contribution >= 0.6 is 0 Å². The minimum absolute atomic E-state index is 0.144. The first-order chi connectivity index (χ1) is 7.24. The highest BCUT2D eigenvalue weighted by atomic mass is 16.5. The lowest BCUT2D eigenvalue weighted by molar-refractivity contribution is -0.135. The number of carbonyl (C=O) groups is 1. The Hall–Kier alpha value is -1.10. The number of rotatable bonds is 4. The van der Waals surface area contributed by atoms with Crippen LogP contribution in [-0.4, -0.2) is 49.5 Å². The number of ether oxygens (including phenoxy) is 1. The molecule has 1 amide bonds. The number of carbonyl (C=O) groups excluding carboxylic acids is 1. The highest BCUT2D eigenvalue weighted by Gasteiger charge is 2.15. The molecule has 1 aliphatic heterocycles. The predicted molar refractivity (Wildman–Crippen MR) is 58.8 cm³/mol. The van der Waals surface area contributed by atoms with Gasteiger partial charge in [-0.3, -0.25) is 9.79 Å². The quantitative estimate of drug-likeness (QED) is 0.528. The summed E-state index contributed by atoms with van der Waals surface area (Å²) in [6, 6.07) is 0. The lowest BCUT2D eigenvalue weighted by atomic mass is 10.3. The number of morpholine rings is 1. The van der Waals surface area contributed by atoms with E-state index < -0.39 is 0 Å². The zero-order valence-corrected chi connectivity index (χ0v) is 9.24. The zero-order valence-electron chi connectivity index (χ0n) is 9.24. The number of amidine groups is 1. The van der Waals surface area contributed by atoms with E-state index in [1.54, 1.807) is 0 Å². The van der Waals surface area contributed by atoms with Gasteiger partial charge in [-0.25, -0.2) is 0 Å². The summed E-state index contributed by atoms with van der Waals surface area (Å²) in [6.07, 6.45) is 1.19. The summed E-state index contributed by atoms with van der Waals surface area (Å²) in [7, 11) is 0. The molecule has 0 aliphatic carbocycles. The molecule has 0 aromatic carbocycles. The van der Waals surface area contributed by atoms with Crippen molar-refractivity contribution in [3.63, 3.8) is 0 Å². The minimum Gasteiger partial charge on any atom is -0.387 e. The fourth-order valence-corrected chi connectivity index (χ4v) is 1.38. The third-order valence-electron chi connectivity index (χ3n) is 2.37. The largest absolute Gasteiger partial charge is 0.387 e. The molecular formula is C10H19N3O2. The van der Waals surface area contributed by atoms with Gasteiger partial charge >= 0.3 is 0 Å². The summed E-state index contributed by atoms with van der Waals surface area (Å²) < 4.78 is 5.17. The van der Waals surface area contributed by atoms with Crippen molar-refractivity contribution in [2.75, 3.05) is 32.8 Å². The number of amides is 1. The van der Waals surface area contributed by atoms with E-state index in [0.29, 0.717) is 45.1 Å². The average Bonchev–Trinajstić information content (AvgIpc) is 2.29. The SMILES string of the molecule is CCC(N)=NCCC(=O)N1CCOCC1. The van der Waals surface area contributed by atoms with E-state index in [2.05, 4.69) is 4.99 Å². The van der Waals surface area contributed by atoms with Crippen LogP contribution in [0.4, 0.5) is 0 Å². The molecule has 0 radical (unpaired) electrons. The van der Waals surface area contributed by atoms with Gasteiger partial charge in [-0.05, 0) is 0 Å². The monoisotopic (exact) mass is 213 g/mol. The maximum atomic E-state index is 11.6. The van der Waals surface area contributed by atoms with Crippen molar-refractivity contribution < 1.29 is 9.53 Å². The molecule has 2 N–H and O–H groups in total. The number of nitrogens with two attached hydrogens (primary N) is 1. The number of aliphatic imine (C=N–C) groups is 1. The summed E-state index contributed by atoms with van der Waals surface area (Å²) in [5, 5.41) is 0. The van der Waals surface area contributed by atoms with Gasteiger partial charge in [0.25, 0.3) is 0 Å². The van der Waals surface area contributed by atoms with E-state index in [-0.39, 0.29) is 5.91 Å². The summed E-state index contributed by atoms with van der Waals surface area (Å²) in [4.78, 5) is 17.5. The van der Waals surface area contributed by atoms with Gasteiger partial charge in [0.05, 0.1) is 19.0 Å². The topological polar surface area (TPSA) is 67.9 Å². The van der Waals surface area contributed by atoms with E-state index in [9.17, 15) is 4.79 Å². The Morgan fingerprint density at radius 2 is 2.13 bits per heavy atom. The van der Waals surface area contributed by atoms with Crippen molar-refractivity contribution >= 4 is 11.7 Å². The maximum absolute atomic E-state index is 11.6. The molecule has 0 bridgehead atoms. The third-order valence-corrected chi connectivity index (χ3v) is 2.37. The number of nitrogens with zero attached hydrogens (tertiary/aromatic N) is 2. The Labute approximate surface area is 90.3 Å². The van der Waals surface area contributed by atoms with Crippen LogP contribution in [0.2, 0.25) is 0 Å². The predicted octanol–water partition coefficient (Wildman–Crippen LogP) is 0.00250. The lowest BCUT2D eigenvalue weighted by Crippen LogP contribution is -2.40. The van der Waals surface area contributed by atoms with Crippen molar-refractivity contribution in [3.8, 4) is 0 Å². The van der Waals surface area contributed by atoms with E-state index in [4.69, 9.17) is 10.5 Å². The van der Waals surface area contributed by atoms with E-state index in [0.717, 1.165) is 6.42 Å². The molecule has 1 aliphatic rings. The third kappa shape index (κ3) is 4.29. The van der Waals surface area contributed by atoms with Crippen molar-refractivity contribution in [2.45, 2.75) is 19.8 Å². The highest BCUT2D eigenvalue weighted by Crippen LogP contribution is 2.00. The van der Waals surface area contributed by atoms with Crippen molar-refractivity contribution in [2.24, 2.45) is 10.7 Å². The zero-order chi connectivity index (χ0) is 11.1. The van der Waals surface area contributed by atoms with E-state index in [1.165, 1.54) is 0 Å². The maximum Gasteiger partial charge on any atom is 0.224 e. The molecule has 0 aromatic rings. The Kier molecular flexibility index (Phi) is 5.10. The number of hydrogen-bond acceptors (Lipinski definition) is 3. The highest BCUT2D eigenvalue weighted by molar-refractivity contribution is 5.81. The molecule has 1 saturated heterocycles. The molecule has 0 aromatic heterocycles. The van der Waals surface area contributed by atoms with Gasteiger partial charge in [0.15, 0.2) is 0 Å². The molecule has 86 valence electrons. The van der Waals surface area contributed by atoms with Crippen LogP contribution in [0.5, 0.6) is 0 Å². The van der Waals surface area contributed by atoms with Gasteiger partial charge < -0.3 is 15.4 Å². The standard InChI is InChI=1S/C10H19N3O2/c1-2-9(11)12-4-3-10(14)13-5-7-15-8-6-13/h2-8H2,1H3,(H2,11,12). The van der Waals surface area contributed by atoms with Gasteiger partial charge in [0, 0.05) is 32.5 Å². The molecule has 1 rings (SSSR count). The molecule has 0 saturated carbocycles. The minimum atomic E-state index is 0.144. The normalized spacial score (nSPS) is 17.9. The molecule has 1 fully saturated rings. The molecule has 0 unspecified atom stereocenters. The van der Waals surface area contributed by atoms with Crippen molar-refractivity contribution in [3.05, 3.63) is 0 Å². The van der Waals surface area contributed by atoms with Crippen LogP contribution < -0.4 is 5.73 Å². The van der Waals surface area contributed by atoms with Crippen molar-refractivity contribution in [1.29, 1.82) is 0 Å². The molecular weight excluding hydrogens is 194 g/mol. The second-order valence-electron chi connectivity index (χ2n) is 3.47. The summed E-state index contributed by atoms with van der Waals surface area (Å²) in [5.74, 6) is 0.760. The Morgan fingerprint density at radius 1 is 1.47 bits per heavy atom. The van der Waals surface area contributed by atoms with Crippen LogP contribution in [0.1, 0.15) is 19.8 Å². The van der Waals surface area contributed by atoms with Gasteiger partial charge in [-0.1, -0.05) is 6.92 Å². The Balaban J connectivity index is 2.23. The van der Waals surface area contributed by atoms with E-state index >= 15 is 0 Å². The van der Waals surface area contributed by atoms with Gasteiger partial charge in [0.2, 0.25) is 5.91 Å². The molecule has 0 spiro atoms. The second-order valence-corrected chi connectivity index (χ2v) is 3.47. The fraction of sp³-hybridized carbons (Fsp3) is 0.800. The van der Waals surface area contributed by atoms with Crippen LogP contribution in [0, 0.1) is 0 Å². The molecule has 5 heteroatoms. The first-order valence-corrected chi connectivity index (χ1v) is 5.38. The first-order valence-electron chi connectivity index (χ1n) is 5.38. The van der Waals surface area contributed by atoms with Crippen LogP contribution in [0.15, 0.2) is 4.99 Å². The average molecular weight is 213 g/mol. The van der Waals surface area contributed by atoms with Gasteiger partial charge in [0.1, 0.15) is 0 Å². The van der Waals surface area contributed by atoms with Gasteiger partial charge in [-0.2, -0.15) is 0 Å². The van der Waals surface area contributed by atoms with Crippen LogP contribution in [0.25, 0.3) is 0 Å².